The van der Waals surface area contributed by atoms with E-state index in [0.717, 1.165) is 5.56 Å². The van der Waals surface area contributed by atoms with Crippen molar-refractivity contribution in [3.63, 3.8) is 0 Å². The second-order valence-corrected chi connectivity index (χ2v) is 5.64. The third-order valence-corrected chi connectivity index (χ3v) is 3.90. The Morgan fingerprint density at radius 3 is 2.28 bits per heavy atom. The zero-order valence-electron chi connectivity index (χ0n) is 14.4. The first-order chi connectivity index (χ1) is 12.0. The number of amides is 2. The van der Waals surface area contributed by atoms with E-state index in [2.05, 4.69) is 10.6 Å². The minimum absolute atomic E-state index is 0.174. The smallest absolute Gasteiger partial charge is 0.255 e. The van der Waals surface area contributed by atoms with E-state index in [1.807, 2.05) is 25.1 Å². The molecule has 1 unspecified atom stereocenters. The lowest BCUT2D eigenvalue weighted by Crippen LogP contribution is -2.28. The number of nitrogens with two attached hydrogens (primary N) is 1. The van der Waals surface area contributed by atoms with E-state index in [1.54, 1.807) is 30.3 Å². The Hall–Kier alpha value is -2.70. The molecule has 4 N–H and O–H groups in total. The Bertz CT molecular complexity index is 728. The summed E-state index contributed by atoms with van der Waals surface area (Å²) in [6.07, 6.45) is -0.145. The highest BCUT2D eigenvalue weighted by Gasteiger charge is 2.14. The molecule has 0 saturated carbocycles. The van der Waals surface area contributed by atoms with E-state index in [0.29, 0.717) is 16.9 Å². The lowest BCUT2D eigenvalue weighted by molar-refractivity contribution is -0.118. The van der Waals surface area contributed by atoms with Gasteiger partial charge in [0.25, 0.3) is 5.91 Å². The summed E-state index contributed by atoms with van der Waals surface area (Å²) in [5.74, 6) is -0.387. The van der Waals surface area contributed by atoms with Gasteiger partial charge in [-0.2, -0.15) is 0 Å². The molecule has 2 amide bonds. The summed E-state index contributed by atoms with van der Waals surface area (Å²) < 4.78 is 5.12. The molecular weight excluding hydrogens is 318 g/mol. The van der Waals surface area contributed by atoms with Crippen molar-refractivity contribution >= 4 is 23.2 Å². The number of carbonyl (C=O) groups is 2. The van der Waals surface area contributed by atoms with Crippen LogP contribution < -0.4 is 16.4 Å². The Balaban J connectivity index is 2.09. The fourth-order valence-corrected chi connectivity index (χ4v) is 2.36. The highest BCUT2D eigenvalue weighted by molar-refractivity contribution is 6.05. The van der Waals surface area contributed by atoms with E-state index in [1.165, 1.54) is 7.11 Å². The zero-order chi connectivity index (χ0) is 18.2. The van der Waals surface area contributed by atoms with Gasteiger partial charge in [-0.15, -0.1) is 0 Å². The molecule has 0 fully saturated rings. The third-order valence-electron chi connectivity index (χ3n) is 3.90. The first-order valence-corrected chi connectivity index (χ1v) is 8.04. The quantitative estimate of drug-likeness (QED) is 0.721. The van der Waals surface area contributed by atoms with E-state index in [4.69, 9.17) is 10.5 Å². The number of anilines is 2. The van der Waals surface area contributed by atoms with Crippen LogP contribution in [0.5, 0.6) is 0 Å². The van der Waals surface area contributed by atoms with Crippen LogP contribution in [0.3, 0.4) is 0 Å². The van der Waals surface area contributed by atoms with Crippen molar-refractivity contribution in [3.8, 4) is 0 Å². The number of rotatable bonds is 7. The molecule has 25 heavy (non-hydrogen) atoms. The molecule has 2 rings (SSSR count). The molecule has 6 heteroatoms. The summed E-state index contributed by atoms with van der Waals surface area (Å²) in [5.41, 5.74) is 8.18. The molecule has 0 aliphatic heterocycles. The molecule has 2 aromatic rings. The van der Waals surface area contributed by atoms with Crippen LogP contribution in [0, 0.1) is 6.92 Å². The van der Waals surface area contributed by atoms with Crippen molar-refractivity contribution < 1.29 is 14.3 Å². The molecule has 0 bridgehead atoms. The van der Waals surface area contributed by atoms with Crippen LogP contribution in [0.2, 0.25) is 0 Å². The number of ether oxygens (including phenoxy) is 1. The van der Waals surface area contributed by atoms with Gasteiger partial charge >= 0.3 is 0 Å². The molecule has 0 aliphatic carbocycles. The maximum Gasteiger partial charge on any atom is 0.255 e. The number of hydrogen-bond donors (Lipinski definition) is 3. The van der Waals surface area contributed by atoms with Gasteiger partial charge in [0, 0.05) is 30.6 Å². The molecular formula is C19H23N3O3. The van der Waals surface area contributed by atoms with Crippen molar-refractivity contribution in [2.24, 2.45) is 5.73 Å². The van der Waals surface area contributed by atoms with Gasteiger partial charge in [0.05, 0.1) is 12.5 Å². The van der Waals surface area contributed by atoms with E-state index >= 15 is 0 Å². The Morgan fingerprint density at radius 2 is 1.68 bits per heavy atom. The maximum absolute atomic E-state index is 12.3. The number of nitrogens with one attached hydrogen (secondary N) is 2. The molecule has 0 saturated heterocycles. The van der Waals surface area contributed by atoms with Gasteiger partial charge in [-0.05, 0) is 36.8 Å². The predicted octanol–water partition coefficient (Wildman–Crippen LogP) is 2.55. The Kier molecular flexibility index (Phi) is 6.68. The van der Waals surface area contributed by atoms with Crippen molar-refractivity contribution in [2.75, 3.05) is 24.3 Å². The summed E-state index contributed by atoms with van der Waals surface area (Å²) in [5, 5.41) is 5.71. The second-order valence-electron chi connectivity index (χ2n) is 5.64. The maximum atomic E-state index is 12.3. The van der Waals surface area contributed by atoms with Gasteiger partial charge in [0.2, 0.25) is 5.91 Å². The fraction of sp³-hybridized carbons (Fsp3) is 0.263. The van der Waals surface area contributed by atoms with Crippen LogP contribution in [0.25, 0.3) is 0 Å². The predicted molar refractivity (Wildman–Crippen MR) is 98.7 cm³/mol. The molecule has 2 aromatic carbocycles. The highest BCUT2D eigenvalue weighted by atomic mass is 16.5. The largest absolute Gasteiger partial charge is 0.380 e. The number of benzene rings is 2. The van der Waals surface area contributed by atoms with Crippen molar-refractivity contribution in [3.05, 3.63) is 59.7 Å². The van der Waals surface area contributed by atoms with Gasteiger partial charge in [-0.25, -0.2) is 0 Å². The first kappa shape index (κ1) is 18.6. The molecule has 0 aromatic heterocycles. The highest BCUT2D eigenvalue weighted by Crippen LogP contribution is 2.24. The SMILES string of the molecule is COC(CN)CC(=O)Nc1cccc(NC(=O)c2ccccc2)c1C. The Morgan fingerprint density at radius 1 is 1.04 bits per heavy atom. The second kappa shape index (κ2) is 8.96. The van der Waals surface area contributed by atoms with Gasteiger partial charge in [0.1, 0.15) is 0 Å². The van der Waals surface area contributed by atoms with Gasteiger partial charge in [-0.3, -0.25) is 9.59 Å². The average molecular weight is 341 g/mol. The zero-order valence-corrected chi connectivity index (χ0v) is 14.4. The molecule has 6 nitrogen and oxygen atoms in total. The average Bonchev–Trinajstić information content (AvgIpc) is 2.63. The number of methoxy groups -OCH3 is 1. The normalized spacial score (nSPS) is 11.6. The van der Waals surface area contributed by atoms with E-state index in [-0.39, 0.29) is 30.9 Å². The van der Waals surface area contributed by atoms with Crippen molar-refractivity contribution in [2.45, 2.75) is 19.4 Å². The molecule has 1 atom stereocenters. The molecule has 0 spiro atoms. The summed E-state index contributed by atoms with van der Waals surface area (Å²) in [7, 11) is 1.52. The van der Waals surface area contributed by atoms with Crippen LogP contribution >= 0.6 is 0 Å². The minimum atomic E-state index is -0.318. The van der Waals surface area contributed by atoms with Crippen molar-refractivity contribution in [1.29, 1.82) is 0 Å². The van der Waals surface area contributed by atoms with Crippen LogP contribution in [-0.2, 0) is 9.53 Å². The van der Waals surface area contributed by atoms with Crippen LogP contribution in [0.1, 0.15) is 22.3 Å². The standard InChI is InChI=1S/C19H23N3O3/c1-13-16(21-18(23)11-15(12-20)25-2)9-6-10-17(13)22-19(24)14-7-4-3-5-8-14/h3-10,15H,11-12,20H2,1-2H3,(H,21,23)(H,22,24). The summed E-state index contributed by atoms with van der Waals surface area (Å²) in [6, 6.07) is 14.3. The van der Waals surface area contributed by atoms with Gasteiger partial charge in [-0.1, -0.05) is 24.3 Å². The monoisotopic (exact) mass is 341 g/mol. The third kappa shape index (κ3) is 5.14. The minimum Gasteiger partial charge on any atom is -0.380 e. The molecule has 132 valence electrons. The van der Waals surface area contributed by atoms with Crippen LogP contribution in [0.15, 0.2) is 48.5 Å². The number of carbonyl (C=O) groups excluding carboxylic acids is 2. The molecule has 0 aliphatic rings. The van der Waals surface area contributed by atoms with Gasteiger partial charge in [0.15, 0.2) is 0 Å². The molecule has 0 heterocycles. The topological polar surface area (TPSA) is 93.4 Å². The van der Waals surface area contributed by atoms with E-state index in [9.17, 15) is 9.59 Å². The summed E-state index contributed by atoms with van der Waals surface area (Å²) >= 11 is 0. The Labute approximate surface area is 147 Å². The summed E-state index contributed by atoms with van der Waals surface area (Å²) in [4.78, 5) is 24.4. The first-order valence-electron chi connectivity index (χ1n) is 8.04. The number of hydrogen-bond acceptors (Lipinski definition) is 4. The molecule has 0 radical (unpaired) electrons. The van der Waals surface area contributed by atoms with Crippen molar-refractivity contribution in [1.82, 2.24) is 0 Å². The van der Waals surface area contributed by atoms with E-state index < -0.39 is 0 Å². The lowest BCUT2D eigenvalue weighted by Gasteiger charge is -2.16. The lowest BCUT2D eigenvalue weighted by atomic mass is 10.1. The fourth-order valence-electron chi connectivity index (χ4n) is 2.36. The van der Waals surface area contributed by atoms with Crippen LogP contribution in [0.4, 0.5) is 11.4 Å². The summed E-state index contributed by atoms with van der Waals surface area (Å²) in [6.45, 7) is 2.11. The van der Waals surface area contributed by atoms with Gasteiger partial charge < -0.3 is 21.1 Å². The van der Waals surface area contributed by atoms with Crippen LogP contribution in [-0.4, -0.2) is 31.6 Å².